The van der Waals surface area contributed by atoms with Crippen LogP contribution in [-0.2, 0) is 0 Å². The van der Waals surface area contributed by atoms with Gasteiger partial charge in [-0.2, -0.15) is 0 Å². The number of urea groups is 1. The fourth-order valence-electron chi connectivity index (χ4n) is 3.35. The van der Waals surface area contributed by atoms with Crippen molar-refractivity contribution in [2.45, 2.75) is 6.10 Å². The van der Waals surface area contributed by atoms with Crippen LogP contribution in [0.2, 0.25) is 0 Å². The van der Waals surface area contributed by atoms with Crippen LogP contribution in [0.15, 0.2) is 54.6 Å². The van der Waals surface area contributed by atoms with Crippen molar-refractivity contribution in [3.8, 4) is 11.5 Å². The zero-order valence-electron chi connectivity index (χ0n) is 15.5. The molecule has 146 valence electrons. The number of carbonyl (C=O) groups excluding carboxylic acids is 2. The summed E-state index contributed by atoms with van der Waals surface area (Å²) in [5.74, 6) is 1.43. The molecule has 0 aliphatic carbocycles. The van der Waals surface area contributed by atoms with Gasteiger partial charge in [0.25, 0.3) is 5.91 Å². The van der Waals surface area contributed by atoms with E-state index in [2.05, 4.69) is 5.32 Å². The zero-order valence-corrected chi connectivity index (χ0v) is 15.5. The largest absolute Gasteiger partial charge is 0.486 e. The first-order valence-electron chi connectivity index (χ1n) is 9.46. The topological polar surface area (TPSA) is 71.1 Å². The van der Waals surface area contributed by atoms with E-state index in [1.54, 1.807) is 9.80 Å². The van der Waals surface area contributed by atoms with Gasteiger partial charge < -0.3 is 24.6 Å². The molecule has 2 aliphatic rings. The van der Waals surface area contributed by atoms with Crippen molar-refractivity contribution in [3.05, 3.63) is 60.2 Å². The van der Waals surface area contributed by atoms with Crippen LogP contribution < -0.4 is 14.8 Å². The summed E-state index contributed by atoms with van der Waals surface area (Å²) < 4.78 is 11.5. The number of ether oxygens (including phenoxy) is 2. The fraction of sp³-hybridized carbons (Fsp3) is 0.333. The Hall–Kier alpha value is -3.22. The predicted molar refractivity (Wildman–Crippen MR) is 104 cm³/mol. The number of benzene rings is 2. The molecule has 0 aromatic heterocycles. The number of piperazine rings is 1. The Morgan fingerprint density at radius 1 is 0.893 bits per heavy atom. The lowest BCUT2D eigenvalue weighted by Gasteiger charge is -2.35. The highest BCUT2D eigenvalue weighted by molar-refractivity contribution is 5.94. The first-order valence-corrected chi connectivity index (χ1v) is 9.46. The number of carbonyl (C=O) groups is 2. The lowest BCUT2D eigenvalue weighted by Crippen LogP contribution is -2.54. The molecule has 0 spiro atoms. The zero-order chi connectivity index (χ0) is 19.3. The predicted octanol–water partition coefficient (Wildman–Crippen LogP) is 1.99. The molecular weight excluding hydrogens is 358 g/mol. The molecule has 3 amide bonds. The minimum absolute atomic E-state index is 0.00655. The highest BCUT2D eigenvalue weighted by Crippen LogP contribution is 2.30. The van der Waals surface area contributed by atoms with E-state index in [4.69, 9.17) is 9.47 Å². The average Bonchev–Trinajstić information content (AvgIpc) is 2.77. The Balaban J connectivity index is 1.23. The second kappa shape index (κ2) is 8.21. The molecule has 2 aromatic carbocycles. The second-order valence-corrected chi connectivity index (χ2v) is 6.83. The van der Waals surface area contributed by atoms with Crippen LogP contribution in [0.1, 0.15) is 10.4 Å². The van der Waals surface area contributed by atoms with Crippen molar-refractivity contribution in [1.29, 1.82) is 0 Å². The van der Waals surface area contributed by atoms with Gasteiger partial charge in [0.2, 0.25) is 0 Å². The third-order valence-electron chi connectivity index (χ3n) is 4.92. The van der Waals surface area contributed by atoms with Gasteiger partial charge in [-0.05, 0) is 24.3 Å². The fourth-order valence-corrected chi connectivity index (χ4v) is 3.35. The molecule has 0 radical (unpaired) electrons. The van der Waals surface area contributed by atoms with Crippen LogP contribution in [0.25, 0.3) is 0 Å². The summed E-state index contributed by atoms with van der Waals surface area (Å²) in [4.78, 5) is 28.4. The van der Waals surface area contributed by atoms with Crippen molar-refractivity contribution in [1.82, 2.24) is 15.1 Å². The van der Waals surface area contributed by atoms with Crippen molar-refractivity contribution >= 4 is 11.9 Å². The van der Waals surface area contributed by atoms with E-state index in [1.165, 1.54) is 0 Å². The molecule has 4 rings (SSSR count). The van der Waals surface area contributed by atoms with Crippen molar-refractivity contribution < 1.29 is 19.1 Å². The molecule has 2 heterocycles. The summed E-state index contributed by atoms with van der Waals surface area (Å²) in [6.07, 6.45) is -0.222. The van der Waals surface area contributed by atoms with Gasteiger partial charge in [-0.1, -0.05) is 30.3 Å². The van der Waals surface area contributed by atoms with Gasteiger partial charge in [0, 0.05) is 31.7 Å². The summed E-state index contributed by atoms with van der Waals surface area (Å²) in [6, 6.07) is 16.6. The van der Waals surface area contributed by atoms with Crippen LogP contribution in [0.5, 0.6) is 11.5 Å². The van der Waals surface area contributed by atoms with Gasteiger partial charge >= 0.3 is 6.03 Å². The summed E-state index contributed by atoms with van der Waals surface area (Å²) in [5, 5.41) is 2.91. The van der Waals surface area contributed by atoms with Gasteiger partial charge in [-0.15, -0.1) is 0 Å². The Bertz CT molecular complexity index is 835. The maximum Gasteiger partial charge on any atom is 0.317 e. The minimum Gasteiger partial charge on any atom is -0.486 e. The monoisotopic (exact) mass is 381 g/mol. The quantitative estimate of drug-likeness (QED) is 0.883. The Morgan fingerprint density at radius 2 is 1.54 bits per heavy atom. The normalized spacial score (nSPS) is 18.5. The van der Waals surface area contributed by atoms with E-state index in [0.29, 0.717) is 50.6 Å². The third-order valence-corrected chi connectivity index (χ3v) is 4.92. The number of amides is 3. The van der Waals surface area contributed by atoms with E-state index in [9.17, 15) is 9.59 Å². The maximum absolute atomic E-state index is 12.5. The highest BCUT2D eigenvalue weighted by Gasteiger charge is 2.26. The molecule has 1 atom stereocenters. The molecule has 2 aromatic rings. The molecule has 0 saturated carbocycles. The van der Waals surface area contributed by atoms with E-state index >= 15 is 0 Å². The number of nitrogens with zero attached hydrogens (tertiary/aromatic N) is 2. The first kappa shape index (κ1) is 18.2. The van der Waals surface area contributed by atoms with Crippen molar-refractivity contribution in [2.24, 2.45) is 0 Å². The molecule has 7 nitrogen and oxygen atoms in total. The molecule has 1 N–H and O–H groups in total. The van der Waals surface area contributed by atoms with Gasteiger partial charge in [0.15, 0.2) is 17.6 Å². The first-order chi connectivity index (χ1) is 13.7. The van der Waals surface area contributed by atoms with E-state index < -0.39 is 0 Å². The summed E-state index contributed by atoms with van der Waals surface area (Å²) in [7, 11) is 0. The SMILES string of the molecule is O=C(NC[C@H]1COc2ccccc2O1)N1CCN(C(=O)c2ccccc2)CC1. The van der Waals surface area contributed by atoms with Crippen molar-refractivity contribution in [2.75, 3.05) is 39.3 Å². The molecule has 28 heavy (non-hydrogen) atoms. The van der Waals surface area contributed by atoms with Crippen LogP contribution in [0, 0.1) is 0 Å². The van der Waals surface area contributed by atoms with Crippen LogP contribution >= 0.6 is 0 Å². The molecule has 0 bridgehead atoms. The lowest BCUT2D eigenvalue weighted by molar-refractivity contribution is 0.0655. The molecular formula is C21H23N3O4. The number of hydrogen-bond donors (Lipinski definition) is 1. The summed E-state index contributed by atoms with van der Waals surface area (Å²) in [5.41, 5.74) is 0.676. The maximum atomic E-state index is 12.5. The number of rotatable bonds is 3. The number of nitrogens with one attached hydrogen (secondary N) is 1. The molecule has 1 saturated heterocycles. The van der Waals surface area contributed by atoms with Gasteiger partial charge in [0.1, 0.15) is 6.61 Å². The Labute approximate surface area is 163 Å². The average molecular weight is 381 g/mol. The summed E-state index contributed by atoms with van der Waals surface area (Å²) in [6.45, 7) is 2.84. The number of hydrogen-bond acceptors (Lipinski definition) is 4. The van der Waals surface area contributed by atoms with E-state index in [1.807, 2.05) is 54.6 Å². The third kappa shape index (κ3) is 4.03. The molecule has 2 aliphatic heterocycles. The minimum atomic E-state index is -0.222. The molecule has 7 heteroatoms. The van der Waals surface area contributed by atoms with Gasteiger partial charge in [-0.3, -0.25) is 4.79 Å². The number of para-hydroxylation sites is 2. The van der Waals surface area contributed by atoms with Crippen LogP contribution in [-0.4, -0.2) is 67.2 Å². The smallest absolute Gasteiger partial charge is 0.317 e. The van der Waals surface area contributed by atoms with E-state index in [0.717, 1.165) is 5.75 Å². The Morgan fingerprint density at radius 3 is 2.29 bits per heavy atom. The second-order valence-electron chi connectivity index (χ2n) is 6.83. The van der Waals surface area contributed by atoms with Gasteiger partial charge in [-0.25, -0.2) is 4.79 Å². The highest BCUT2D eigenvalue weighted by atomic mass is 16.6. The van der Waals surface area contributed by atoms with Crippen LogP contribution in [0.4, 0.5) is 4.79 Å². The standard InChI is InChI=1S/C21H23N3O4/c25-20(16-6-2-1-3-7-16)23-10-12-24(13-11-23)21(26)22-14-17-15-27-18-8-4-5-9-19(18)28-17/h1-9,17H,10-15H2,(H,22,26)/t17-/m0/s1. The van der Waals surface area contributed by atoms with Crippen molar-refractivity contribution in [3.63, 3.8) is 0 Å². The van der Waals surface area contributed by atoms with E-state index in [-0.39, 0.29) is 18.0 Å². The van der Waals surface area contributed by atoms with Gasteiger partial charge in [0.05, 0.1) is 6.54 Å². The molecule has 1 fully saturated rings. The number of fused-ring (bicyclic) bond motifs is 1. The Kier molecular flexibility index (Phi) is 5.32. The van der Waals surface area contributed by atoms with Crippen LogP contribution in [0.3, 0.4) is 0 Å². The summed E-state index contributed by atoms with van der Waals surface area (Å²) >= 11 is 0. The molecule has 0 unspecified atom stereocenters. The lowest BCUT2D eigenvalue weighted by atomic mass is 10.2.